The number of nitrogens with one attached hydrogen (secondary N) is 1. The van der Waals surface area contributed by atoms with Crippen LogP contribution >= 0.6 is 11.6 Å². The van der Waals surface area contributed by atoms with Gasteiger partial charge in [0, 0.05) is 30.6 Å². The fourth-order valence-corrected chi connectivity index (χ4v) is 3.07. The first-order valence-electron chi connectivity index (χ1n) is 8.25. The quantitative estimate of drug-likeness (QED) is 0.869. The van der Waals surface area contributed by atoms with E-state index in [9.17, 15) is 4.79 Å². The topological polar surface area (TPSA) is 71.3 Å². The summed E-state index contributed by atoms with van der Waals surface area (Å²) in [4.78, 5) is 18.6. The number of benzene rings is 1. The maximum absolute atomic E-state index is 12.0. The SMILES string of the molecule is O=C(CN1CC(c2nc(C3CC3)no2)C1)NCc1ccccc1Cl. The second kappa shape index (κ2) is 6.53. The number of hydrogen-bond donors (Lipinski definition) is 1. The number of rotatable bonds is 6. The van der Waals surface area contributed by atoms with E-state index in [2.05, 4.69) is 20.4 Å². The summed E-state index contributed by atoms with van der Waals surface area (Å²) in [6.45, 7) is 2.40. The third-order valence-electron chi connectivity index (χ3n) is 4.51. The van der Waals surface area contributed by atoms with Gasteiger partial charge in [-0.2, -0.15) is 4.98 Å². The van der Waals surface area contributed by atoms with Crippen molar-refractivity contribution in [3.05, 3.63) is 46.6 Å². The maximum atomic E-state index is 12.0. The standard InChI is InChI=1S/C17H19ClN4O2/c18-14-4-2-1-3-12(14)7-19-15(23)10-22-8-13(9-22)17-20-16(21-24-17)11-5-6-11/h1-4,11,13H,5-10H2,(H,19,23). The minimum Gasteiger partial charge on any atom is -0.351 e. The number of carbonyl (C=O) groups excluding carboxylic acids is 1. The van der Waals surface area contributed by atoms with Gasteiger partial charge in [0.25, 0.3) is 0 Å². The zero-order valence-corrected chi connectivity index (χ0v) is 14.0. The molecule has 2 aromatic rings. The van der Waals surface area contributed by atoms with E-state index in [-0.39, 0.29) is 11.8 Å². The number of aromatic nitrogens is 2. The maximum Gasteiger partial charge on any atom is 0.234 e. The van der Waals surface area contributed by atoms with Crippen molar-refractivity contribution < 1.29 is 9.32 Å². The van der Waals surface area contributed by atoms with Crippen molar-refractivity contribution in [3.63, 3.8) is 0 Å². The van der Waals surface area contributed by atoms with Crippen LogP contribution in [0.15, 0.2) is 28.8 Å². The Morgan fingerprint density at radius 2 is 2.08 bits per heavy atom. The van der Waals surface area contributed by atoms with Gasteiger partial charge in [-0.25, -0.2) is 0 Å². The molecular weight excluding hydrogens is 328 g/mol. The highest BCUT2D eigenvalue weighted by molar-refractivity contribution is 6.31. The Bertz CT molecular complexity index is 738. The van der Waals surface area contributed by atoms with Crippen LogP contribution in [0, 0.1) is 0 Å². The van der Waals surface area contributed by atoms with Crippen molar-refractivity contribution in [2.24, 2.45) is 0 Å². The summed E-state index contributed by atoms with van der Waals surface area (Å²) in [5.74, 6) is 2.32. The van der Waals surface area contributed by atoms with Crippen LogP contribution in [0.25, 0.3) is 0 Å². The Kier molecular flexibility index (Phi) is 4.24. The third-order valence-corrected chi connectivity index (χ3v) is 4.88. The second-order valence-corrected chi connectivity index (χ2v) is 6.93. The van der Waals surface area contributed by atoms with Crippen molar-refractivity contribution in [1.29, 1.82) is 0 Å². The fourth-order valence-electron chi connectivity index (χ4n) is 2.87. The summed E-state index contributed by atoms with van der Waals surface area (Å²) in [5, 5.41) is 7.62. The molecule has 2 fully saturated rings. The molecule has 1 aliphatic carbocycles. The van der Waals surface area contributed by atoms with Crippen LogP contribution in [-0.2, 0) is 11.3 Å². The molecule has 2 heterocycles. The molecule has 0 atom stereocenters. The van der Waals surface area contributed by atoms with E-state index in [1.807, 2.05) is 24.3 Å². The van der Waals surface area contributed by atoms with Gasteiger partial charge in [0.05, 0.1) is 12.5 Å². The van der Waals surface area contributed by atoms with Gasteiger partial charge in [-0.3, -0.25) is 9.69 Å². The summed E-state index contributed by atoms with van der Waals surface area (Å²) in [6, 6.07) is 7.52. The van der Waals surface area contributed by atoms with E-state index < -0.39 is 0 Å². The molecule has 1 N–H and O–H groups in total. The van der Waals surface area contributed by atoms with E-state index in [0.29, 0.717) is 29.9 Å². The Hall–Kier alpha value is -1.92. The molecule has 126 valence electrons. The zero-order chi connectivity index (χ0) is 16.5. The van der Waals surface area contributed by atoms with E-state index in [1.165, 1.54) is 12.8 Å². The highest BCUT2D eigenvalue weighted by Gasteiger charge is 2.35. The van der Waals surface area contributed by atoms with Crippen LogP contribution in [-0.4, -0.2) is 40.6 Å². The minimum atomic E-state index is -0.00225. The third kappa shape index (κ3) is 3.44. The Morgan fingerprint density at radius 3 is 2.83 bits per heavy atom. The molecule has 1 aromatic heterocycles. The van der Waals surface area contributed by atoms with Gasteiger partial charge >= 0.3 is 0 Å². The largest absolute Gasteiger partial charge is 0.351 e. The fraction of sp³-hybridized carbons (Fsp3) is 0.471. The lowest BCUT2D eigenvalue weighted by Gasteiger charge is -2.36. The average molecular weight is 347 g/mol. The van der Waals surface area contributed by atoms with Gasteiger partial charge in [0.15, 0.2) is 5.82 Å². The predicted molar refractivity (Wildman–Crippen MR) is 88.8 cm³/mol. The molecular formula is C17H19ClN4O2. The lowest BCUT2D eigenvalue weighted by atomic mass is 10.0. The lowest BCUT2D eigenvalue weighted by molar-refractivity contribution is -0.123. The molecule has 7 heteroatoms. The minimum absolute atomic E-state index is 0.00225. The number of hydrogen-bond acceptors (Lipinski definition) is 5. The number of likely N-dealkylation sites (tertiary alicyclic amines) is 1. The van der Waals surface area contributed by atoms with Crippen molar-refractivity contribution in [2.45, 2.75) is 31.2 Å². The highest BCUT2D eigenvalue weighted by Crippen LogP contribution is 2.39. The van der Waals surface area contributed by atoms with Gasteiger partial charge in [0.2, 0.25) is 11.8 Å². The van der Waals surface area contributed by atoms with Gasteiger partial charge < -0.3 is 9.84 Å². The van der Waals surface area contributed by atoms with Crippen LogP contribution in [0.1, 0.15) is 42.0 Å². The van der Waals surface area contributed by atoms with Crippen LogP contribution in [0.2, 0.25) is 5.02 Å². The van der Waals surface area contributed by atoms with E-state index in [1.54, 1.807) is 0 Å². The molecule has 1 saturated heterocycles. The van der Waals surface area contributed by atoms with Gasteiger partial charge in [-0.1, -0.05) is 35.0 Å². The molecule has 24 heavy (non-hydrogen) atoms. The van der Waals surface area contributed by atoms with Crippen molar-refractivity contribution in [1.82, 2.24) is 20.4 Å². The predicted octanol–water partition coefficient (Wildman–Crippen LogP) is 2.32. The lowest BCUT2D eigenvalue weighted by Crippen LogP contribution is -2.49. The molecule has 2 aliphatic rings. The van der Waals surface area contributed by atoms with Crippen LogP contribution in [0.4, 0.5) is 0 Å². The summed E-state index contributed by atoms with van der Waals surface area (Å²) >= 11 is 6.08. The molecule has 1 aliphatic heterocycles. The number of nitrogens with zero attached hydrogens (tertiary/aromatic N) is 3. The van der Waals surface area contributed by atoms with Crippen molar-refractivity contribution >= 4 is 17.5 Å². The zero-order valence-electron chi connectivity index (χ0n) is 13.2. The molecule has 4 rings (SSSR count). The van der Waals surface area contributed by atoms with Crippen molar-refractivity contribution in [2.75, 3.05) is 19.6 Å². The van der Waals surface area contributed by atoms with E-state index in [0.717, 1.165) is 24.5 Å². The molecule has 1 amide bonds. The molecule has 1 saturated carbocycles. The Morgan fingerprint density at radius 1 is 1.29 bits per heavy atom. The first-order valence-corrected chi connectivity index (χ1v) is 8.63. The number of carbonyl (C=O) groups is 1. The van der Waals surface area contributed by atoms with Gasteiger partial charge in [-0.05, 0) is 24.5 Å². The molecule has 0 radical (unpaired) electrons. The summed E-state index contributed by atoms with van der Waals surface area (Å²) in [7, 11) is 0. The first-order chi connectivity index (χ1) is 11.7. The van der Waals surface area contributed by atoms with Gasteiger partial charge in [0.1, 0.15) is 0 Å². The summed E-state index contributed by atoms with van der Waals surface area (Å²) in [6.07, 6.45) is 2.34. The smallest absolute Gasteiger partial charge is 0.234 e. The summed E-state index contributed by atoms with van der Waals surface area (Å²) < 4.78 is 5.34. The van der Waals surface area contributed by atoms with Crippen LogP contribution in [0.5, 0.6) is 0 Å². The molecule has 1 aromatic carbocycles. The van der Waals surface area contributed by atoms with E-state index in [4.69, 9.17) is 16.1 Å². The number of halogens is 1. The van der Waals surface area contributed by atoms with Gasteiger partial charge in [-0.15, -0.1) is 0 Å². The normalized spacial score (nSPS) is 18.4. The molecule has 0 spiro atoms. The Balaban J connectivity index is 1.21. The second-order valence-electron chi connectivity index (χ2n) is 6.52. The molecule has 6 nitrogen and oxygen atoms in total. The monoisotopic (exact) mass is 346 g/mol. The van der Waals surface area contributed by atoms with Crippen LogP contribution < -0.4 is 5.32 Å². The Labute approximate surface area is 145 Å². The van der Waals surface area contributed by atoms with Crippen LogP contribution in [0.3, 0.4) is 0 Å². The summed E-state index contributed by atoms with van der Waals surface area (Å²) in [5.41, 5.74) is 0.924. The van der Waals surface area contributed by atoms with E-state index >= 15 is 0 Å². The highest BCUT2D eigenvalue weighted by atomic mass is 35.5. The molecule has 0 unspecified atom stereocenters. The number of amides is 1. The average Bonchev–Trinajstić information content (AvgIpc) is 3.28. The van der Waals surface area contributed by atoms with Crippen molar-refractivity contribution in [3.8, 4) is 0 Å². The first kappa shape index (κ1) is 15.6. The molecule has 0 bridgehead atoms.